The molecule has 2 saturated heterocycles. The Kier molecular flexibility index (Phi) is 4.23. The predicted octanol–water partition coefficient (Wildman–Crippen LogP) is -2.71. The molecule has 0 aromatic heterocycles. The number of thioether (sulfide) groups is 1. The summed E-state index contributed by atoms with van der Waals surface area (Å²) in [6.45, 7) is 3.61. The van der Waals surface area contributed by atoms with Gasteiger partial charge in [-0.2, -0.15) is 0 Å². The van der Waals surface area contributed by atoms with E-state index in [9.17, 15) is 14.7 Å². The molecule has 0 N–H and O–H groups in total. The van der Waals surface area contributed by atoms with Gasteiger partial charge < -0.3 is 14.8 Å². The smallest absolute Gasteiger partial charge is 0.548 e. The average molecular weight is 381 g/mol. The van der Waals surface area contributed by atoms with Crippen LogP contribution in [0.5, 0.6) is 0 Å². The van der Waals surface area contributed by atoms with E-state index in [0.29, 0.717) is 0 Å². The number of carbonyl (C=O) groups excluding carboxylic acids is 2. The molecule has 2 fully saturated rings. The van der Waals surface area contributed by atoms with Crippen LogP contribution in [0.3, 0.4) is 0 Å². The van der Waals surface area contributed by atoms with Crippen LogP contribution in [-0.4, -0.2) is 36.2 Å². The standard InChI is InChI=1S/C8H9Br2NO3S.Na/c1-7(2)3(4(12)13)11-5(14)8(9,10)6(11)15-7;/h3,6H,1-2H3,(H,12,13);/q;+1/p-1/t3-,6?;/m0./s1. The zero-order valence-corrected chi connectivity index (χ0v) is 15.0. The summed E-state index contributed by atoms with van der Waals surface area (Å²) in [7, 11) is 0. The Morgan fingerprint density at radius 1 is 1.50 bits per heavy atom. The average Bonchev–Trinajstić information content (AvgIpc) is 2.35. The first-order valence-corrected chi connectivity index (χ1v) is 6.75. The van der Waals surface area contributed by atoms with E-state index in [1.807, 2.05) is 0 Å². The molecule has 8 heteroatoms. The Labute approximate surface area is 136 Å². The van der Waals surface area contributed by atoms with Gasteiger partial charge in [-0.1, -0.05) is 31.9 Å². The Morgan fingerprint density at radius 2 is 2.00 bits per heavy atom. The number of alkyl halides is 2. The minimum atomic E-state index is -1.20. The number of fused-ring (bicyclic) bond motifs is 1. The first kappa shape index (κ1) is 15.3. The number of halogens is 2. The van der Waals surface area contributed by atoms with Crippen molar-refractivity contribution < 1.29 is 44.3 Å². The van der Waals surface area contributed by atoms with Crippen LogP contribution in [0.15, 0.2) is 0 Å². The van der Waals surface area contributed by atoms with Gasteiger partial charge in [-0.05, 0) is 13.8 Å². The van der Waals surface area contributed by atoms with Crippen molar-refractivity contribution in [1.82, 2.24) is 4.90 Å². The molecule has 2 atom stereocenters. The molecule has 4 nitrogen and oxygen atoms in total. The molecular formula is C8H8Br2NNaO3S. The summed E-state index contributed by atoms with van der Waals surface area (Å²) in [5.41, 5.74) is 0. The summed E-state index contributed by atoms with van der Waals surface area (Å²) in [6, 6.07) is -0.858. The maximum Gasteiger partial charge on any atom is 1.00 e. The molecule has 84 valence electrons. The van der Waals surface area contributed by atoms with Crippen molar-refractivity contribution in [3.63, 3.8) is 0 Å². The van der Waals surface area contributed by atoms with Crippen molar-refractivity contribution in [2.24, 2.45) is 0 Å². The summed E-state index contributed by atoms with van der Waals surface area (Å²) < 4.78 is -1.34. The normalized spacial score (nSPS) is 33.8. The number of carboxylic acids is 1. The van der Waals surface area contributed by atoms with Gasteiger partial charge in [0.25, 0.3) is 5.91 Å². The Bertz CT molecular complexity index is 363. The summed E-state index contributed by atoms with van der Waals surface area (Å²) in [5, 5.41) is 10.8. The number of carbonyl (C=O) groups is 2. The van der Waals surface area contributed by atoms with Gasteiger partial charge in [0, 0.05) is 4.75 Å². The third kappa shape index (κ3) is 1.91. The number of hydrogen-bond acceptors (Lipinski definition) is 4. The van der Waals surface area contributed by atoms with Gasteiger partial charge in [-0.3, -0.25) is 4.79 Å². The Hall–Kier alpha value is 1.25. The molecule has 1 amide bonds. The molecule has 0 aromatic carbocycles. The van der Waals surface area contributed by atoms with Crippen LogP contribution in [-0.2, 0) is 9.59 Å². The monoisotopic (exact) mass is 379 g/mol. The van der Waals surface area contributed by atoms with Crippen LogP contribution in [0.4, 0.5) is 0 Å². The molecular weight excluding hydrogens is 373 g/mol. The number of rotatable bonds is 1. The van der Waals surface area contributed by atoms with E-state index in [4.69, 9.17) is 0 Å². The molecule has 16 heavy (non-hydrogen) atoms. The minimum Gasteiger partial charge on any atom is -0.548 e. The third-order valence-electron chi connectivity index (χ3n) is 2.66. The minimum absolute atomic E-state index is 0. The molecule has 1 unspecified atom stereocenters. The summed E-state index contributed by atoms with van der Waals surface area (Å²) in [5.74, 6) is -1.45. The summed E-state index contributed by atoms with van der Waals surface area (Å²) in [4.78, 5) is 24.1. The van der Waals surface area contributed by atoms with Crippen LogP contribution in [0.2, 0.25) is 0 Å². The van der Waals surface area contributed by atoms with Crippen molar-refractivity contribution in [2.45, 2.75) is 33.2 Å². The first-order chi connectivity index (χ1) is 6.69. The molecule has 2 heterocycles. The van der Waals surface area contributed by atoms with Crippen LogP contribution in [0.25, 0.3) is 0 Å². The van der Waals surface area contributed by atoms with Crippen molar-refractivity contribution >= 4 is 55.5 Å². The number of nitrogens with zero attached hydrogens (tertiary/aromatic N) is 1. The fourth-order valence-electron chi connectivity index (χ4n) is 1.96. The molecule has 0 aliphatic carbocycles. The van der Waals surface area contributed by atoms with Crippen LogP contribution >= 0.6 is 43.6 Å². The summed E-state index contributed by atoms with van der Waals surface area (Å²) >= 11 is 7.97. The number of hydrogen-bond donors (Lipinski definition) is 0. The van der Waals surface area contributed by atoms with Gasteiger partial charge in [-0.15, -0.1) is 11.8 Å². The second kappa shape index (κ2) is 4.42. The van der Waals surface area contributed by atoms with Crippen molar-refractivity contribution in [3.8, 4) is 0 Å². The topological polar surface area (TPSA) is 60.4 Å². The maximum atomic E-state index is 11.7. The Balaban J connectivity index is 0.00000128. The molecule has 0 aromatic rings. The van der Waals surface area contributed by atoms with E-state index in [-0.39, 0.29) is 40.8 Å². The van der Waals surface area contributed by atoms with E-state index in [0.717, 1.165) is 0 Å². The van der Waals surface area contributed by atoms with Crippen molar-refractivity contribution in [2.75, 3.05) is 0 Å². The molecule has 0 radical (unpaired) electrons. The molecule has 0 bridgehead atoms. The molecule has 2 aliphatic heterocycles. The fourth-order valence-corrected chi connectivity index (χ4v) is 4.87. The summed E-state index contributed by atoms with van der Waals surface area (Å²) in [6.07, 6.45) is 0. The number of aliphatic carboxylic acids is 1. The SMILES string of the molecule is CC1(C)SC2N(C(=O)C2(Br)Br)[C@H]1C(=O)[O-].[Na+]. The molecule has 2 aliphatic rings. The van der Waals surface area contributed by atoms with E-state index in [1.165, 1.54) is 16.7 Å². The number of β-lactam (4-membered cyclic amide) rings is 1. The van der Waals surface area contributed by atoms with Crippen LogP contribution < -0.4 is 34.7 Å². The van der Waals surface area contributed by atoms with Gasteiger partial charge in [0.05, 0.1) is 12.0 Å². The molecule has 0 spiro atoms. The molecule has 2 rings (SSSR count). The van der Waals surface area contributed by atoms with Crippen LogP contribution in [0.1, 0.15) is 13.8 Å². The second-order valence-corrected chi connectivity index (χ2v) is 9.43. The van der Waals surface area contributed by atoms with Crippen molar-refractivity contribution in [1.29, 1.82) is 0 Å². The van der Waals surface area contributed by atoms with Gasteiger partial charge in [-0.25, -0.2) is 0 Å². The first-order valence-electron chi connectivity index (χ1n) is 4.29. The van der Waals surface area contributed by atoms with E-state index in [2.05, 4.69) is 31.9 Å². The van der Waals surface area contributed by atoms with Gasteiger partial charge in [0.2, 0.25) is 0 Å². The molecule has 0 saturated carbocycles. The number of carboxylic acid groups (broad SMARTS) is 1. The predicted molar refractivity (Wildman–Crippen MR) is 61.7 cm³/mol. The zero-order valence-electron chi connectivity index (χ0n) is 8.99. The van der Waals surface area contributed by atoms with Crippen molar-refractivity contribution in [3.05, 3.63) is 0 Å². The van der Waals surface area contributed by atoms with Gasteiger partial charge >= 0.3 is 29.6 Å². The second-order valence-electron chi connectivity index (χ2n) is 4.13. The zero-order chi connectivity index (χ0) is 11.6. The maximum absolute atomic E-state index is 11.7. The fraction of sp³-hybridized carbons (Fsp3) is 0.750. The van der Waals surface area contributed by atoms with Gasteiger partial charge in [0.1, 0.15) is 5.37 Å². The number of amides is 1. The van der Waals surface area contributed by atoms with Gasteiger partial charge in [0.15, 0.2) is 3.23 Å². The van der Waals surface area contributed by atoms with Crippen LogP contribution in [0, 0.1) is 0 Å². The van der Waals surface area contributed by atoms with E-state index in [1.54, 1.807) is 13.8 Å². The quantitative estimate of drug-likeness (QED) is 0.282. The van der Waals surface area contributed by atoms with E-state index >= 15 is 0 Å². The van der Waals surface area contributed by atoms with E-state index < -0.39 is 20.0 Å². The Morgan fingerprint density at radius 3 is 2.44 bits per heavy atom. The third-order valence-corrected chi connectivity index (χ3v) is 6.44. The largest absolute Gasteiger partial charge is 1.00 e.